The predicted octanol–water partition coefficient (Wildman–Crippen LogP) is 2.37. The summed E-state index contributed by atoms with van der Waals surface area (Å²) in [6, 6.07) is 4.95. The third-order valence-electron chi connectivity index (χ3n) is 5.25. The number of rotatable bonds is 5. The number of likely N-dealkylation sites (tertiary alicyclic amines) is 1. The molecule has 0 saturated carbocycles. The predicted molar refractivity (Wildman–Crippen MR) is 132 cm³/mol. The van der Waals surface area contributed by atoms with Crippen LogP contribution in [0, 0.1) is 9.39 Å². The molecule has 0 bridgehead atoms. The van der Waals surface area contributed by atoms with Gasteiger partial charge in [0.1, 0.15) is 17.0 Å². The fraction of sp³-hybridized carbons (Fsp3) is 0.455. The molecule has 3 N–H and O–H groups in total. The number of hydrogen-bond donors (Lipinski definition) is 3. The monoisotopic (exact) mass is 587 g/mol. The minimum Gasteiger partial charge on any atom is -0.444 e. The molecule has 10 nitrogen and oxygen atoms in total. The number of amides is 2. The number of aliphatic hydroxyl groups is 1. The van der Waals surface area contributed by atoms with E-state index in [9.17, 15) is 23.9 Å². The van der Waals surface area contributed by atoms with Crippen LogP contribution in [0.3, 0.4) is 0 Å². The molecule has 12 heteroatoms. The average molecular weight is 587 g/mol. The van der Waals surface area contributed by atoms with Crippen LogP contribution in [0.4, 0.5) is 20.6 Å². The Hall–Kier alpha value is -2.74. The summed E-state index contributed by atoms with van der Waals surface area (Å²) in [5, 5.41) is 20.3. The molecule has 184 valence electrons. The van der Waals surface area contributed by atoms with Gasteiger partial charge in [-0.15, -0.1) is 0 Å². The van der Waals surface area contributed by atoms with Gasteiger partial charge in [-0.05, 0) is 68.5 Å². The number of carbonyl (C=O) groups excluding carboxylic acids is 2. The quantitative estimate of drug-likeness (QED) is 0.459. The molecule has 0 spiro atoms. The first-order valence-corrected chi connectivity index (χ1v) is 11.6. The van der Waals surface area contributed by atoms with E-state index >= 15 is 0 Å². The maximum atomic E-state index is 14.3. The maximum Gasteiger partial charge on any atom is 0.407 e. The van der Waals surface area contributed by atoms with Crippen LogP contribution in [-0.2, 0) is 11.8 Å². The van der Waals surface area contributed by atoms with Crippen LogP contribution in [0.15, 0.2) is 29.1 Å². The van der Waals surface area contributed by atoms with E-state index in [2.05, 4.69) is 15.7 Å². The third kappa shape index (κ3) is 5.84. The average Bonchev–Trinajstić information content (AvgIpc) is 2.68. The van der Waals surface area contributed by atoms with Gasteiger partial charge in [0.25, 0.3) is 11.5 Å². The minimum atomic E-state index is -1.37. The molecule has 1 aliphatic rings. The summed E-state index contributed by atoms with van der Waals surface area (Å²) in [7, 11) is 1.40. The molecule has 1 aromatic carbocycles. The highest BCUT2D eigenvalue weighted by Gasteiger charge is 2.49. The van der Waals surface area contributed by atoms with Crippen molar-refractivity contribution in [3.05, 3.63) is 49.7 Å². The molecule has 1 saturated heterocycles. The van der Waals surface area contributed by atoms with E-state index in [1.165, 1.54) is 24.1 Å². The van der Waals surface area contributed by atoms with Crippen LogP contribution in [-0.4, -0.2) is 62.1 Å². The van der Waals surface area contributed by atoms with E-state index in [0.29, 0.717) is 3.57 Å². The Morgan fingerprint density at radius 3 is 2.50 bits per heavy atom. The molecule has 2 heterocycles. The van der Waals surface area contributed by atoms with Crippen LogP contribution in [0.1, 0.15) is 38.2 Å². The number of nitrogens with zero attached hydrogens (tertiary/aromatic N) is 3. The normalized spacial score (nSPS) is 15.8. The molecule has 1 unspecified atom stereocenters. The number of benzene rings is 1. The number of aromatic nitrogens is 2. The minimum absolute atomic E-state index is 0.0450. The second kappa shape index (κ2) is 9.49. The Morgan fingerprint density at radius 1 is 1.26 bits per heavy atom. The Morgan fingerprint density at radius 2 is 1.91 bits per heavy atom. The van der Waals surface area contributed by atoms with Crippen LogP contribution < -0.4 is 16.2 Å². The van der Waals surface area contributed by atoms with Gasteiger partial charge in [-0.1, -0.05) is 0 Å². The zero-order valence-corrected chi connectivity index (χ0v) is 21.6. The second-order valence-corrected chi connectivity index (χ2v) is 10.5. The van der Waals surface area contributed by atoms with E-state index in [1.807, 2.05) is 22.6 Å². The summed E-state index contributed by atoms with van der Waals surface area (Å²) < 4.78 is 21.2. The van der Waals surface area contributed by atoms with Crippen LogP contribution in [0.25, 0.3) is 0 Å². The standard InChI is InChI=1S/C22H27FIN5O5/c1-12(25-20(32)34-21(2,3)4)22(33)10-29(11-22)19(31)18-16(9-17(30)28(5)27-18)26-15-7-6-13(24)8-14(15)23/h6-9,12,26,33H,10-11H2,1-5H3,(H,25,32). The number of anilines is 2. The SMILES string of the molecule is CC(NC(=O)OC(C)(C)C)C1(O)CN(C(=O)c2nn(C)c(=O)cc2Nc2ccc(I)cc2F)C1. The first-order valence-electron chi connectivity index (χ1n) is 10.5. The number of hydrogen-bond acceptors (Lipinski definition) is 7. The van der Waals surface area contributed by atoms with Gasteiger partial charge in [0.05, 0.1) is 30.5 Å². The summed E-state index contributed by atoms with van der Waals surface area (Å²) >= 11 is 1.97. The molecular weight excluding hydrogens is 560 g/mol. The van der Waals surface area contributed by atoms with Crippen LogP contribution >= 0.6 is 22.6 Å². The van der Waals surface area contributed by atoms with Gasteiger partial charge < -0.3 is 25.4 Å². The van der Waals surface area contributed by atoms with E-state index in [0.717, 1.165) is 10.7 Å². The van der Waals surface area contributed by atoms with Gasteiger partial charge in [0.2, 0.25) is 0 Å². The molecule has 2 aromatic rings. The smallest absolute Gasteiger partial charge is 0.407 e. The topological polar surface area (TPSA) is 126 Å². The summed E-state index contributed by atoms with van der Waals surface area (Å²) in [6.07, 6.45) is -0.677. The molecule has 0 radical (unpaired) electrons. The molecule has 1 aliphatic heterocycles. The number of β-amino-alcohol motifs (C(OH)–C–C–N with tert-alkyl or cyclic N) is 1. The lowest BCUT2D eigenvalue weighted by molar-refractivity contribution is -0.100. The van der Waals surface area contributed by atoms with Crippen LogP contribution in [0.5, 0.6) is 0 Å². The fourth-order valence-corrected chi connectivity index (χ4v) is 3.78. The van der Waals surface area contributed by atoms with Gasteiger partial charge >= 0.3 is 6.09 Å². The molecule has 2 amide bonds. The lowest BCUT2D eigenvalue weighted by Gasteiger charge is -2.49. The van der Waals surface area contributed by atoms with Gasteiger partial charge in [0.15, 0.2) is 5.69 Å². The van der Waals surface area contributed by atoms with Gasteiger partial charge in [-0.2, -0.15) is 5.10 Å². The Bertz CT molecular complexity index is 1170. The largest absolute Gasteiger partial charge is 0.444 e. The molecule has 34 heavy (non-hydrogen) atoms. The maximum absolute atomic E-state index is 14.3. The number of ether oxygens (including phenoxy) is 1. The van der Waals surface area contributed by atoms with Gasteiger partial charge in [0, 0.05) is 16.7 Å². The lowest BCUT2D eigenvalue weighted by Crippen LogP contribution is -2.71. The number of nitrogens with one attached hydrogen (secondary N) is 2. The van der Waals surface area contributed by atoms with Crippen molar-refractivity contribution >= 4 is 46.0 Å². The van der Waals surface area contributed by atoms with Crippen LogP contribution in [0.2, 0.25) is 0 Å². The van der Waals surface area contributed by atoms with E-state index < -0.39 is 40.6 Å². The lowest BCUT2D eigenvalue weighted by atomic mass is 9.86. The van der Waals surface area contributed by atoms with Gasteiger partial charge in [-0.25, -0.2) is 13.9 Å². The van der Waals surface area contributed by atoms with Crippen molar-refractivity contribution in [1.29, 1.82) is 0 Å². The number of alkyl carbamates (subject to hydrolysis) is 1. The zero-order chi connectivity index (χ0) is 25.4. The number of aryl methyl sites for hydroxylation is 1. The van der Waals surface area contributed by atoms with E-state index in [1.54, 1.807) is 33.8 Å². The number of carbonyl (C=O) groups is 2. The highest BCUT2D eigenvalue weighted by molar-refractivity contribution is 14.1. The molecule has 0 aliphatic carbocycles. The third-order valence-corrected chi connectivity index (χ3v) is 5.92. The Labute approximate surface area is 209 Å². The van der Waals surface area contributed by atoms with Gasteiger partial charge in [-0.3, -0.25) is 9.59 Å². The Kier molecular flexibility index (Phi) is 7.22. The summed E-state index contributed by atoms with van der Waals surface area (Å²) in [6.45, 7) is 6.63. The van der Waals surface area contributed by atoms with E-state index in [4.69, 9.17) is 4.74 Å². The van der Waals surface area contributed by atoms with E-state index in [-0.39, 0.29) is 30.2 Å². The zero-order valence-electron chi connectivity index (χ0n) is 19.5. The van der Waals surface area contributed by atoms with Crippen molar-refractivity contribution in [2.75, 3.05) is 18.4 Å². The first-order chi connectivity index (χ1) is 15.7. The van der Waals surface area contributed by atoms with Crippen molar-refractivity contribution in [3.8, 4) is 0 Å². The molecule has 1 fully saturated rings. The first kappa shape index (κ1) is 25.9. The molecule has 1 aromatic heterocycles. The highest BCUT2D eigenvalue weighted by atomic mass is 127. The summed E-state index contributed by atoms with van der Waals surface area (Å²) in [4.78, 5) is 38.6. The fourth-order valence-electron chi connectivity index (χ4n) is 3.33. The van der Waals surface area contributed by atoms with Crippen molar-refractivity contribution in [3.63, 3.8) is 0 Å². The molecule has 1 atom stereocenters. The second-order valence-electron chi connectivity index (χ2n) is 9.25. The molecular formula is C22H27FIN5O5. The summed E-state index contributed by atoms with van der Waals surface area (Å²) in [5.74, 6) is -1.11. The van der Waals surface area contributed by atoms with Crippen molar-refractivity contribution in [2.24, 2.45) is 7.05 Å². The Balaban J connectivity index is 1.76. The van der Waals surface area contributed by atoms with Crippen molar-refractivity contribution < 1.29 is 23.8 Å². The highest BCUT2D eigenvalue weighted by Crippen LogP contribution is 2.29. The number of halogens is 2. The van der Waals surface area contributed by atoms with Crippen molar-refractivity contribution in [1.82, 2.24) is 20.0 Å². The van der Waals surface area contributed by atoms with Crippen molar-refractivity contribution in [2.45, 2.75) is 44.9 Å². The summed E-state index contributed by atoms with van der Waals surface area (Å²) in [5.41, 5.74) is -2.52. The molecule has 3 rings (SSSR count).